The fourth-order valence-corrected chi connectivity index (χ4v) is 4.01. The number of methoxy groups -OCH3 is 1. The molecule has 34 heavy (non-hydrogen) atoms. The molecule has 1 N–H and O–H groups in total. The number of hydrogen-bond donors (Lipinski definition) is 1. The van der Waals surface area contributed by atoms with Gasteiger partial charge < -0.3 is 14.4 Å². The lowest BCUT2D eigenvalue weighted by molar-refractivity contribution is -0.140. The highest BCUT2D eigenvalue weighted by atomic mass is 32.2. The third kappa shape index (κ3) is 7.33. The SMILES string of the molecule is COC(=O)CCN1CCc2ccc(OCc3ccccc3)cc21.Cc1ccc(S(=O)(=O)O)cc1. The van der Waals surface area contributed by atoms with Crippen LogP contribution in [0.4, 0.5) is 5.69 Å². The van der Waals surface area contributed by atoms with Crippen LogP contribution in [-0.4, -0.2) is 39.1 Å². The normalized spacial score (nSPS) is 12.4. The van der Waals surface area contributed by atoms with Crippen LogP contribution in [0.1, 0.15) is 23.1 Å². The lowest BCUT2D eigenvalue weighted by atomic mass is 10.1. The molecule has 0 atom stereocenters. The maximum Gasteiger partial charge on any atom is 0.307 e. The quantitative estimate of drug-likeness (QED) is 0.392. The molecule has 0 saturated carbocycles. The maximum atomic E-state index is 11.3. The number of ether oxygens (including phenoxy) is 2. The Balaban J connectivity index is 0.000000248. The Kier molecular flexibility index (Phi) is 8.67. The summed E-state index contributed by atoms with van der Waals surface area (Å²) in [6.07, 6.45) is 1.42. The van der Waals surface area contributed by atoms with Crippen LogP contribution < -0.4 is 9.64 Å². The summed E-state index contributed by atoms with van der Waals surface area (Å²) in [7, 11) is -2.59. The van der Waals surface area contributed by atoms with E-state index in [1.54, 1.807) is 12.1 Å². The summed E-state index contributed by atoms with van der Waals surface area (Å²) in [5, 5.41) is 0. The maximum absolute atomic E-state index is 11.3. The third-order valence-corrected chi connectivity index (χ3v) is 6.30. The molecular weight excluding hydrogens is 454 g/mol. The zero-order valence-electron chi connectivity index (χ0n) is 19.3. The minimum atomic E-state index is -4.02. The van der Waals surface area contributed by atoms with E-state index in [0.29, 0.717) is 19.6 Å². The van der Waals surface area contributed by atoms with Crippen LogP contribution in [0.3, 0.4) is 0 Å². The number of nitrogens with zero attached hydrogens (tertiary/aromatic N) is 1. The van der Waals surface area contributed by atoms with E-state index in [2.05, 4.69) is 29.2 Å². The highest BCUT2D eigenvalue weighted by Crippen LogP contribution is 2.32. The van der Waals surface area contributed by atoms with E-state index in [1.165, 1.54) is 30.5 Å². The average Bonchev–Trinajstić information content (AvgIpc) is 3.24. The van der Waals surface area contributed by atoms with Crippen molar-refractivity contribution in [3.63, 3.8) is 0 Å². The zero-order valence-corrected chi connectivity index (χ0v) is 20.1. The van der Waals surface area contributed by atoms with Crippen molar-refractivity contribution in [2.75, 3.05) is 25.1 Å². The molecule has 1 aliphatic rings. The molecule has 0 saturated heterocycles. The van der Waals surface area contributed by atoms with E-state index in [4.69, 9.17) is 14.0 Å². The van der Waals surface area contributed by atoms with Gasteiger partial charge in [0.25, 0.3) is 10.1 Å². The van der Waals surface area contributed by atoms with E-state index in [0.717, 1.165) is 29.8 Å². The summed E-state index contributed by atoms with van der Waals surface area (Å²) in [5.41, 5.74) is 4.58. The van der Waals surface area contributed by atoms with Gasteiger partial charge in [0.05, 0.1) is 18.4 Å². The van der Waals surface area contributed by atoms with Gasteiger partial charge in [-0.25, -0.2) is 0 Å². The monoisotopic (exact) mass is 483 g/mol. The molecule has 0 aromatic heterocycles. The number of carbonyl (C=O) groups excluding carboxylic acids is 1. The number of carbonyl (C=O) groups is 1. The number of anilines is 1. The van der Waals surface area contributed by atoms with Gasteiger partial charge in [-0.3, -0.25) is 9.35 Å². The van der Waals surface area contributed by atoms with Crippen molar-refractivity contribution in [2.45, 2.75) is 31.3 Å². The molecule has 0 spiro atoms. The van der Waals surface area contributed by atoms with Crippen molar-refractivity contribution in [2.24, 2.45) is 0 Å². The Morgan fingerprint density at radius 3 is 2.38 bits per heavy atom. The first-order valence-corrected chi connectivity index (χ1v) is 12.4. The van der Waals surface area contributed by atoms with Crippen molar-refractivity contribution in [3.8, 4) is 5.75 Å². The van der Waals surface area contributed by atoms with Gasteiger partial charge in [0, 0.05) is 24.8 Å². The van der Waals surface area contributed by atoms with Gasteiger partial charge in [-0.1, -0.05) is 54.1 Å². The number of benzene rings is 3. The highest BCUT2D eigenvalue weighted by Gasteiger charge is 2.20. The number of hydrogen-bond acceptors (Lipinski definition) is 6. The van der Waals surface area contributed by atoms with Gasteiger partial charge >= 0.3 is 5.97 Å². The summed E-state index contributed by atoms with van der Waals surface area (Å²) in [6.45, 7) is 4.02. The Labute approximate surface area is 200 Å². The van der Waals surface area contributed by atoms with E-state index in [-0.39, 0.29) is 10.9 Å². The second-order valence-corrected chi connectivity index (χ2v) is 9.34. The topological polar surface area (TPSA) is 93.1 Å². The predicted octanol–water partition coefficient (Wildman–Crippen LogP) is 4.43. The highest BCUT2D eigenvalue weighted by molar-refractivity contribution is 7.85. The third-order valence-electron chi connectivity index (χ3n) is 5.43. The molecule has 8 heteroatoms. The molecule has 0 radical (unpaired) electrons. The second-order valence-electron chi connectivity index (χ2n) is 7.92. The average molecular weight is 484 g/mol. The first-order chi connectivity index (χ1) is 16.3. The van der Waals surface area contributed by atoms with E-state index in [9.17, 15) is 13.2 Å². The summed E-state index contributed by atoms with van der Waals surface area (Å²) in [4.78, 5) is 13.5. The van der Waals surface area contributed by atoms with Crippen LogP contribution in [0.25, 0.3) is 0 Å². The van der Waals surface area contributed by atoms with E-state index < -0.39 is 10.1 Å². The molecule has 0 fully saturated rings. The second kappa shape index (κ2) is 11.7. The van der Waals surface area contributed by atoms with Crippen LogP contribution in [0.2, 0.25) is 0 Å². The van der Waals surface area contributed by atoms with E-state index >= 15 is 0 Å². The molecule has 4 rings (SSSR count). The van der Waals surface area contributed by atoms with Gasteiger partial charge in [-0.15, -0.1) is 0 Å². The predicted molar refractivity (Wildman–Crippen MR) is 131 cm³/mol. The lowest BCUT2D eigenvalue weighted by Gasteiger charge is -2.19. The van der Waals surface area contributed by atoms with Crippen LogP contribution >= 0.6 is 0 Å². The van der Waals surface area contributed by atoms with Crippen molar-refractivity contribution in [1.29, 1.82) is 0 Å². The smallest absolute Gasteiger partial charge is 0.307 e. The minimum Gasteiger partial charge on any atom is -0.489 e. The minimum absolute atomic E-state index is 0.0666. The Morgan fingerprint density at radius 2 is 1.74 bits per heavy atom. The van der Waals surface area contributed by atoms with E-state index in [1.807, 2.05) is 31.2 Å². The molecule has 3 aromatic carbocycles. The number of rotatable bonds is 7. The first kappa shape index (κ1) is 25.3. The summed E-state index contributed by atoms with van der Waals surface area (Å²) < 4.78 is 40.2. The number of esters is 1. The van der Waals surface area contributed by atoms with Gasteiger partial charge in [0.15, 0.2) is 0 Å². The molecule has 0 aliphatic carbocycles. The Morgan fingerprint density at radius 1 is 1.03 bits per heavy atom. The van der Waals surface area contributed by atoms with Crippen molar-refractivity contribution in [3.05, 3.63) is 89.5 Å². The van der Waals surface area contributed by atoms with Crippen LogP contribution in [0.5, 0.6) is 5.75 Å². The molecule has 3 aromatic rings. The molecule has 7 nitrogen and oxygen atoms in total. The fraction of sp³-hybridized carbons (Fsp3) is 0.269. The Bertz CT molecular complexity index is 1190. The van der Waals surface area contributed by atoms with Gasteiger partial charge in [-0.2, -0.15) is 8.42 Å². The Hall–Kier alpha value is -3.36. The first-order valence-electron chi connectivity index (χ1n) is 10.9. The molecule has 1 aliphatic heterocycles. The molecule has 180 valence electrons. The molecule has 0 bridgehead atoms. The standard InChI is InChI=1S/C19H21NO3.C7H8O3S/c1-22-19(21)10-12-20-11-9-16-7-8-17(13-18(16)20)23-14-15-5-3-2-4-6-15;1-6-2-4-7(5-3-6)11(8,9)10/h2-8,13H,9-12,14H2,1H3;2-5H,1H3,(H,8,9,10). The largest absolute Gasteiger partial charge is 0.489 e. The zero-order chi connectivity index (χ0) is 24.6. The van der Waals surface area contributed by atoms with Crippen molar-refractivity contribution >= 4 is 21.8 Å². The van der Waals surface area contributed by atoms with Gasteiger partial charge in [0.1, 0.15) is 12.4 Å². The van der Waals surface area contributed by atoms with Crippen LogP contribution in [-0.2, 0) is 32.7 Å². The number of fused-ring (bicyclic) bond motifs is 1. The molecule has 0 amide bonds. The summed E-state index contributed by atoms with van der Waals surface area (Å²) in [5.74, 6) is 0.688. The van der Waals surface area contributed by atoms with Gasteiger partial charge in [0.2, 0.25) is 0 Å². The van der Waals surface area contributed by atoms with Crippen molar-refractivity contribution in [1.82, 2.24) is 0 Å². The summed E-state index contributed by atoms with van der Waals surface area (Å²) in [6, 6.07) is 22.3. The lowest BCUT2D eigenvalue weighted by Crippen LogP contribution is -2.24. The van der Waals surface area contributed by atoms with Crippen molar-refractivity contribution < 1.29 is 27.2 Å². The van der Waals surface area contributed by atoms with Crippen LogP contribution in [0.15, 0.2) is 77.7 Å². The molecule has 1 heterocycles. The van der Waals surface area contributed by atoms with Crippen LogP contribution in [0, 0.1) is 6.92 Å². The molecular formula is C26H29NO6S. The van der Waals surface area contributed by atoms with Gasteiger partial charge in [-0.05, 0) is 42.7 Å². The fourth-order valence-electron chi connectivity index (χ4n) is 3.53. The number of aryl methyl sites for hydroxylation is 1. The summed E-state index contributed by atoms with van der Waals surface area (Å²) >= 11 is 0. The molecule has 0 unspecified atom stereocenters.